The fourth-order valence-electron chi connectivity index (χ4n) is 5.73. The summed E-state index contributed by atoms with van der Waals surface area (Å²) in [6.07, 6.45) is 1.70. The van der Waals surface area contributed by atoms with Gasteiger partial charge < -0.3 is 19.1 Å². The van der Waals surface area contributed by atoms with Crippen LogP contribution >= 0.6 is 11.3 Å². The Hall–Kier alpha value is -4.66. The highest BCUT2D eigenvalue weighted by atomic mass is 32.1. The molecule has 0 saturated carbocycles. The lowest BCUT2D eigenvalue weighted by atomic mass is 10.00. The quantitative estimate of drug-likeness (QED) is 0.137. The van der Waals surface area contributed by atoms with Crippen LogP contribution in [0.1, 0.15) is 43.3 Å². The molecule has 6 rings (SSSR count). The van der Waals surface area contributed by atoms with Crippen LogP contribution < -0.4 is 14.2 Å². The molecule has 8 heteroatoms. The monoisotopic (exact) mass is 633 g/mol. The topological polar surface area (TPSA) is 64.1 Å². The van der Waals surface area contributed by atoms with Gasteiger partial charge in [-0.25, -0.2) is 4.98 Å². The Kier molecular flexibility index (Phi) is 10.3. The fraction of sp³-hybridized carbons (Fsp3) is 0.263. The number of thiazole rings is 1. The van der Waals surface area contributed by atoms with Crippen molar-refractivity contribution in [2.75, 3.05) is 27.3 Å². The number of carbonyl (C=O) groups excluding carboxylic acids is 1. The lowest BCUT2D eigenvalue weighted by Gasteiger charge is -2.28. The summed E-state index contributed by atoms with van der Waals surface area (Å²) in [7, 11) is 3.31. The number of aromatic nitrogens is 1. The molecule has 0 spiro atoms. The van der Waals surface area contributed by atoms with Gasteiger partial charge in [0.15, 0.2) is 11.5 Å². The summed E-state index contributed by atoms with van der Waals surface area (Å²) in [6, 6.07) is 32.9. The van der Waals surface area contributed by atoms with Gasteiger partial charge in [0, 0.05) is 31.6 Å². The number of benzene rings is 4. The van der Waals surface area contributed by atoms with Crippen LogP contribution in [0.4, 0.5) is 0 Å². The first-order valence-electron chi connectivity index (χ1n) is 15.6. The summed E-state index contributed by atoms with van der Waals surface area (Å²) in [5.74, 6) is 2.28. The van der Waals surface area contributed by atoms with Crippen molar-refractivity contribution < 1.29 is 19.0 Å². The second-order valence-corrected chi connectivity index (χ2v) is 12.4. The van der Waals surface area contributed by atoms with E-state index in [-0.39, 0.29) is 5.91 Å². The third-order valence-corrected chi connectivity index (χ3v) is 9.12. The summed E-state index contributed by atoms with van der Waals surface area (Å²) < 4.78 is 17.0. The van der Waals surface area contributed by atoms with Crippen molar-refractivity contribution in [2.45, 2.75) is 39.1 Å². The SMILES string of the molecule is COc1ccc(CCN(Cc2ccc(OCc3ccccc3)cc2)Cc2nc(C(=O)N3CCc4ccccc4C3)cs2)cc1OC. The van der Waals surface area contributed by atoms with Crippen molar-refractivity contribution in [2.24, 2.45) is 0 Å². The van der Waals surface area contributed by atoms with E-state index >= 15 is 0 Å². The van der Waals surface area contributed by atoms with Crippen molar-refractivity contribution in [3.05, 3.63) is 141 Å². The van der Waals surface area contributed by atoms with E-state index in [1.807, 2.05) is 58.8 Å². The van der Waals surface area contributed by atoms with Gasteiger partial charge in [0.05, 0.1) is 20.8 Å². The normalized spacial score (nSPS) is 12.5. The molecule has 0 aliphatic carbocycles. The molecule has 0 atom stereocenters. The van der Waals surface area contributed by atoms with Gasteiger partial charge >= 0.3 is 0 Å². The van der Waals surface area contributed by atoms with Crippen LogP contribution in [0.3, 0.4) is 0 Å². The molecule has 5 aromatic rings. The largest absolute Gasteiger partial charge is 0.493 e. The first kappa shape index (κ1) is 31.3. The third kappa shape index (κ3) is 7.94. The van der Waals surface area contributed by atoms with E-state index in [2.05, 4.69) is 53.4 Å². The molecule has 46 heavy (non-hydrogen) atoms. The van der Waals surface area contributed by atoms with Crippen LogP contribution in [-0.2, 0) is 39.1 Å². The number of ether oxygens (including phenoxy) is 3. The highest BCUT2D eigenvalue weighted by molar-refractivity contribution is 7.09. The lowest BCUT2D eigenvalue weighted by molar-refractivity contribution is 0.0729. The minimum absolute atomic E-state index is 0.0000255. The molecule has 0 saturated heterocycles. The highest BCUT2D eigenvalue weighted by Crippen LogP contribution is 2.28. The maximum Gasteiger partial charge on any atom is 0.273 e. The van der Waals surface area contributed by atoms with Crippen LogP contribution in [0, 0.1) is 0 Å². The Morgan fingerprint density at radius 1 is 0.826 bits per heavy atom. The number of amides is 1. The van der Waals surface area contributed by atoms with E-state index in [1.165, 1.54) is 16.7 Å². The van der Waals surface area contributed by atoms with Crippen molar-refractivity contribution in [3.8, 4) is 17.2 Å². The van der Waals surface area contributed by atoms with Gasteiger partial charge in [-0.15, -0.1) is 11.3 Å². The van der Waals surface area contributed by atoms with E-state index < -0.39 is 0 Å². The van der Waals surface area contributed by atoms with E-state index in [0.717, 1.165) is 59.3 Å². The Bertz CT molecular complexity index is 1740. The molecule has 0 unspecified atom stereocenters. The predicted molar refractivity (Wildman–Crippen MR) is 182 cm³/mol. The average molecular weight is 634 g/mol. The number of methoxy groups -OCH3 is 2. The van der Waals surface area contributed by atoms with Crippen LogP contribution in [0.25, 0.3) is 0 Å². The van der Waals surface area contributed by atoms with E-state index in [0.29, 0.717) is 31.9 Å². The zero-order chi connectivity index (χ0) is 31.7. The van der Waals surface area contributed by atoms with Crippen LogP contribution in [-0.4, -0.2) is 48.0 Å². The Morgan fingerprint density at radius 3 is 2.35 bits per heavy atom. The number of fused-ring (bicyclic) bond motifs is 1. The molecule has 4 aromatic carbocycles. The second-order valence-electron chi connectivity index (χ2n) is 11.4. The molecule has 1 aliphatic rings. The standard InChI is InChI=1S/C38H39N3O4S/c1-43-35-17-14-28(22-36(35)44-2)18-20-40(23-29-12-15-33(16-13-29)45-26-30-8-4-3-5-9-30)25-37-39-34(27-46-37)38(42)41-21-19-31-10-6-7-11-32(31)24-41/h3-17,22,27H,18-21,23-26H2,1-2H3. The fourth-order valence-corrected chi connectivity index (χ4v) is 6.54. The van der Waals surface area contributed by atoms with Crippen molar-refractivity contribution in [1.82, 2.24) is 14.8 Å². The lowest BCUT2D eigenvalue weighted by Crippen LogP contribution is -2.36. The van der Waals surface area contributed by atoms with Crippen molar-refractivity contribution >= 4 is 17.2 Å². The Labute approximate surface area is 275 Å². The van der Waals surface area contributed by atoms with Gasteiger partial charge in [0.1, 0.15) is 23.1 Å². The number of hydrogen-bond acceptors (Lipinski definition) is 7. The number of nitrogens with zero attached hydrogens (tertiary/aromatic N) is 3. The molecule has 0 radical (unpaired) electrons. The van der Waals surface area contributed by atoms with Gasteiger partial charge in [-0.05, 0) is 64.9 Å². The molecular formula is C38H39N3O4S. The van der Waals surface area contributed by atoms with Gasteiger partial charge in [-0.2, -0.15) is 0 Å². The van der Waals surface area contributed by atoms with Gasteiger partial charge in [-0.1, -0.05) is 72.8 Å². The summed E-state index contributed by atoms with van der Waals surface area (Å²) in [5.41, 5.74) is 6.55. The zero-order valence-corrected chi connectivity index (χ0v) is 27.2. The van der Waals surface area contributed by atoms with Crippen molar-refractivity contribution in [1.29, 1.82) is 0 Å². The minimum atomic E-state index is -0.0000255. The molecule has 2 heterocycles. The number of carbonyl (C=O) groups is 1. The minimum Gasteiger partial charge on any atom is -0.493 e. The molecule has 0 N–H and O–H groups in total. The highest BCUT2D eigenvalue weighted by Gasteiger charge is 2.24. The zero-order valence-electron chi connectivity index (χ0n) is 26.4. The maximum absolute atomic E-state index is 13.4. The van der Waals surface area contributed by atoms with Gasteiger partial charge in [0.2, 0.25) is 0 Å². The molecule has 0 bridgehead atoms. The molecule has 1 amide bonds. The molecule has 1 aliphatic heterocycles. The maximum atomic E-state index is 13.4. The number of rotatable bonds is 13. The van der Waals surface area contributed by atoms with E-state index in [9.17, 15) is 4.79 Å². The average Bonchev–Trinajstić information content (AvgIpc) is 3.58. The molecular weight excluding hydrogens is 595 g/mol. The van der Waals surface area contributed by atoms with E-state index in [1.54, 1.807) is 25.6 Å². The summed E-state index contributed by atoms with van der Waals surface area (Å²) in [6.45, 7) is 4.05. The molecule has 236 valence electrons. The number of hydrogen-bond donors (Lipinski definition) is 0. The Morgan fingerprint density at radius 2 is 1.57 bits per heavy atom. The molecule has 7 nitrogen and oxygen atoms in total. The first-order chi connectivity index (χ1) is 22.6. The summed E-state index contributed by atoms with van der Waals surface area (Å²) in [5, 5.41) is 2.83. The van der Waals surface area contributed by atoms with Crippen LogP contribution in [0.15, 0.2) is 102 Å². The van der Waals surface area contributed by atoms with Gasteiger partial charge in [0.25, 0.3) is 5.91 Å². The van der Waals surface area contributed by atoms with Crippen LogP contribution in [0.2, 0.25) is 0 Å². The second kappa shape index (κ2) is 15.1. The predicted octanol–water partition coefficient (Wildman–Crippen LogP) is 7.18. The Balaban J connectivity index is 1.13. The van der Waals surface area contributed by atoms with Gasteiger partial charge in [-0.3, -0.25) is 9.69 Å². The third-order valence-electron chi connectivity index (χ3n) is 8.29. The van der Waals surface area contributed by atoms with E-state index in [4.69, 9.17) is 19.2 Å². The summed E-state index contributed by atoms with van der Waals surface area (Å²) >= 11 is 1.55. The first-order valence-corrected chi connectivity index (χ1v) is 16.5. The van der Waals surface area contributed by atoms with Crippen molar-refractivity contribution in [3.63, 3.8) is 0 Å². The summed E-state index contributed by atoms with van der Waals surface area (Å²) in [4.78, 5) is 22.5. The molecule has 1 aromatic heterocycles. The molecule has 0 fully saturated rings. The smallest absolute Gasteiger partial charge is 0.273 e. The van der Waals surface area contributed by atoms with Crippen LogP contribution in [0.5, 0.6) is 17.2 Å².